The predicted molar refractivity (Wildman–Crippen MR) is 75.0 cm³/mol. The van der Waals surface area contributed by atoms with Crippen molar-refractivity contribution in [3.05, 3.63) is 16.8 Å². The highest BCUT2D eigenvalue weighted by Crippen LogP contribution is 2.16. The molecule has 2 aromatic rings. The van der Waals surface area contributed by atoms with Gasteiger partial charge in [-0.3, -0.25) is 4.79 Å². The van der Waals surface area contributed by atoms with E-state index in [1.807, 2.05) is 23.8 Å². The number of thiophene rings is 1. The molecule has 20 heavy (non-hydrogen) atoms. The maximum absolute atomic E-state index is 11.7. The Labute approximate surface area is 120 Å². The van der Waals surface area contributed by atoms with Gasteiger partial charge in [-0.25, -0.2) is 0 Å². The number of carbonyl (C=O) groups is 1. The number of hydrogen-bond donors (Lipinski definition) is 2. The molecule has 8 heteroatoms. The first-order valence-corrected chi connectivity index (χ1v) is 7.31. The van der Waals surface area contributed by atoms with Crippen molar-refractivity contribution < 1.29 is 9.90 Å². The van der Waals surface area contributed by atoms with Crippen LogP contribution in [0.3, 0.4) is 0 Å². The minimum absolute atomic E-state index is 0.0446. The van der Waals surface area contributed by atoms with Crippen molar-refractivity contribution in [2.75, 3.05) is 13.2 Å². The van der Waals surface area contributed by atoms with Gasteiger partial charge in [-0.05, 0) is 29.0 Å². The van der Waals surface area contributed by atoms with E-state index in [1.165, 1.54) is 4.80 Å². The molecular formula is C12H17N5O2S. The van der Waals surface area contributed by atoms with Gasteiger partial charge in [-0.1, -0.05) is 6.92 Å². The van der Waals surface area contributed by atoms with E-state index < -0.39 is 0 Å². The van der Waals surface area contributed by atoms with Gasteiger partial charge in [0.1, 0.15) is 6.54 Å². The summed E-state index contributed by atoms with van der Waals surface area (Å²) in [5.74, 6) is 0.603. The standard InChI is InChI=1S/C12H17N5O2S/c1-9(2-4-18)6-13-11(19)7-17-15-12(14-16-17)10-3-5-20-8-10/h3,5,8-9,18H,2,4,6-7H2,1H3,(H,13,19). The summed E-state index contributed by atoms with van der Waals surface area (Å²) >= 11 is 1.56. The van der Waals surface area contributed by atoms with Crippen LogP contribution >= 0.6 is 11.3 Å². The van der Waals surface area contributed by atoms with Crippen LogP contribution in [0.15, 0.2) is 16.8 Å². The van der Waals surface area contributed by atoms with Gasteiger partial charge in [0.25, 0.3) is 0 Å². The molecule has 2 aromatic heterocycles. The van der Waals surface area contributed by atoms with Gasteiger partial charge in [0.2, 0.25) is 11.7 Å². The molecular weight excluding hydrogens is 278 g/mol. The number of rotatable bonds is 7. The molecule has 0 aliphatic heterocycles. The lowest BCUT2D eigenvalue weighted by Crippen LogP contribution is -2.32. The first-order chi connectivity index (χ1) is 9.69. The van der Waals surface area contributed by atoms with E-state index in [-0.39, 0.29) is 25.0 Å². The molecule has 0 aromatic carbocycles. The van der Waals surface area contributed by atoms with Crippen LogP contribution in [0.25, 0.3) is 11.4 Å². The fraction of sp³-hybridized carbons (Fsp3) is 0.500. The van der Waals surface area contributed by atoms with Gasteiger partial charge in [0, 0.05) is 24.1 Å². The highest BCUT2D eigenvalue weighted by atomic mass is 32.1. The molecule has 1 atom stereocenters. The number of nitrogens with zero attached hydrogens (tertiary/aromatic N) is 4. The van der Waals surface area contributed by atoms with Crippen LogP contribution in [0.5, 0.6) is 0 Å². The maximum atomic E-state index is 11.7. The molecule has 2 rings (SSSR count). The Bertz CT molecular complexity index is 540. The number of hydrogen-bond acceptors (Lipinski definition) is 6. The average molecular weight is 295 g/mol. The molecule has 0 saturated carbocycles. The van der Waals surface area contributed by atoms with Crippen molar-refractivity contribution in [2.24, 2.45) is 5.92 Å². The number of aliphatic hydroxyl groups is 1. The quantitative estimate of drug-likeness (QED) is 0.777. The molecule has 7 nitrogen and oxygen atoms in total. The summed E-state index contributed by atoms with van der Waals surface area (Å²) < 4.78 is 0. The summed E-state index contributed by atoms with van der Waals surface area (Å²) in [6.45, 7) is 2.68. The lowest BCUT2D eigenvalue weighted by atomic mass is 10.1. The van der Waals surface area contributed by atoms with Crippen LogP contribution in [-0.4, -0.2) is 44.4 Å². The number of aliphatic hydroxyl groups excluding tert-OH is 1. The highest BCUT2D eigenvalue weighted by Gasteiger charge is 2.10. The Balaban J connectivity index is 1.83. The second-order valence-corrected chi connectivity index (χ2v) is 5.36. The number of tetrazole rings is 1. The third-order valence-corrected chi connectivity index (χ3v) is 3.47. The van der Waals surface area contributed by atoms with E-state index in [9.17, 15) is 4.79 Å². The van der Waals surface area contributed by atoms with Crippen LogP contribution in [0.1, 0.15) is 13.3 Å². The first-order valence-electron chi connectivity index (χ1n) is 6.37. The monoisotopic (exact) mass is 295 g/mol. The van der Waals surface area contributed by atoms with E-state index in [2.05, 4.69) is 20.7 Å². The van der Waals surface area contributed by atoms with Crippen LogP contribution in [0.4, 0.5) is 0 Å². The van der Waals surface area contributed by atoms with Gasteiger partial charge in [-0.2, -0.15) is 16.1 Å². The zero-order valence-electron chi connectivity index (χ0n) is 11.2. The zero-order valence-corrected chi connectivity index (χ0v) is 12.0. The third-order valence-electron chi connectivity index (χ3n) is 2.79. The third kappa shape index (κ3) is 4.10. The number of nitrogens with one attached hydrogen (secondary N) is 1. The second kappa shape index (κ2) is 7.11. The molecule has 0 radical (unpaired) electrons. The number of aromatic nitrogens is 4. The lowest BCUT2D eigenvalue weighted by Gasteiger charge is -2.10. The first kappa shape index (κ1) is 14.6. The van der Waals surface area contributed by atoms with Gasteiger partial charge < -0.3 is 10.4 Å². The number of carbonyl (C=O) groups excluding carboxylic acids is 1. The van der Waals surface area contributed by atoms with E-state index >= 15 is 0 Å². The van der Waals surface area contributed by atoms with Gasteiger partial charge in [-0.15, -0.1) is 10.2 Å². The van der Waals surface area contributed by atoms with Crippen LogP contribution in [0.2, 0.25) is 0 Å². The maximum Gasteiger partial charge on any atom is 0.243 e. The van der Waals surface area contributed by atoms with Crippen molar-refractivity contribution in [3.8, 4) is 11.4 Å². The molecule has 2 heterocycles. The second-order valence-electron chi connectivity index (χ2n) is 4.58. The summed E-state index contributed by atoms with van der Waals surface area (Å²) in [7, 11) is 0. The topological polar surface area (TPSA) is 92.9 Å². The molecule has 2 N–H and O–H groups in total. The Morgan fingerprint density at radius 3 is 3.15 bits per heavy atom. The van der Waals surface area contributed by atoms with E-state index in [0.717, 1.165) is 5.56 Å². The zero-order chi connectivity index (χ0) is 14.4. The minimum atomic E-state index is -0.163. The molecule has 0 saturated heterocycles. The SMILES string of the molecule is CC(CCO)CNC(=O)Cn1nnc(-c2ccsc2)n1. The Hall–Kier alpha value is -1.80. The Kier molecular flexibility index (Phi) is 5.19. The summed E-state index contributed by atoms with van der Waals surface area (Å²) in [5, 5.41) is 27.4. The smallest absolute Gasteiger partial charge is 0.243 e. The van der Waals surface area contributed by atoms with Crippen molar-refractivity contribution >= 4 is 17.2 Å². The molecule has 0 bridgehead atoms. The molecule has 108 valence electrons. The summed E-state index contributed by atoms with van der Waals surface area (Å²) in [4.78, 5) is 13.0. The highest BCUT2D eigenvalue weighted by molar-refractivity contribution is 7.08. The lowest BCUT2D eigenvalue weighted by molar-refractivity contribution is -0.122. The van der Waals surface area contributed by atoms with Crippen molar-refractivity contribution in [1.29, 1.82) is 0 Å². The molecule has 1 amide bonds. The van der Waals surface area contributed by atoms with Crippen LogP contribution in [-0.2, 0) is 11.3 Å². The Morgan fingerprint density at radius 2 is 2.45 bits per heavy atom. The van der Waals surface area contributed by atoms with Crippen molar-refractivity contribution in [2.45, 2.75) is 19.9 Å². The minimum Gasteiger partial charge on any atom is -0.396 e. The van der Waals surface area contributed by atoms with E-state index in [0.29, 0.717) is 18.8 Å². The molecule has 0 aliphatic rings. The molecule has 0 fully saturated rings. The summed E-state index contributed by atoms with van der Waals surface area (Å²) in [6, 6.07) is 1.91. The molecule has 0 aliphatic carbocycles. The summed E-state index contributed by atoms with van der Waals surface area (Å²) in [5.41, 5.74) is 0.901. The van der Waals surface area contributed by atoms with Crippen LogP contribution < -0.4 is 5.32 Å². The largest absolute Gasteiger partial charge is 0.396 e. The number of amides is 1. The van der Waals surface area contributed by atoms with Gasteiger partial charge in [0.05, 0.1) is 0 Å². The summed E-state index contributed by atoms with van der Waals surface area (Å²) in [6.07, 6.45) is 0.671. The van der Waals surface area contributed by atoms with E-state index in [1.54, 1.807) is 11.3 Å². The fourth-order valence-corrected chi connectivity index (χ4v) is 2.25. The van der Waals surface area contributed by atoms with Crippen LogP contribution in [0, 0.1) is 5.92 Å². The molecule has 0 spiro atoms. The predicted octanol–water partition coefficient (Wildman–Crippen LogP) is 0.536. The molecule has 1 unspecified atom stereocenters. The van der Waals surface area contributed by atoms with Gasteiger partial charge in [0.15, 0.2) is 0 Å². The van der Waals surface area contributed by atoms with E-state index in [4.69, 9.17) is 5.11 Å². The van der Waals surface area contributed by atoms with Gasteiger partial charge >= 0.3 is 0 Å². The van der Waals surface area contributed by atoms with Crippen molar-refractivity contribution in [1.82, 2.24) is 25.5 Å². The average Bonchev–Trinajstić information content (AvgIpc) is 3.07. The Morgan fingerprint density at radius 1 is 1.60 bits per heavy atom. The fourth-order valence-electron chi connectivity index (χ4n) is 1.61. The van der Waals surface area contributed by atoms with Crippen molar-refractivity contribution in [3.63, 3.8) is 0 Å². The normalized spacial score (nSPS) is 12.3.